The number of hydrogen-bond acceptors (Lipinski definition) is 3. The summed E-state index contributed by atoms with van der Waals surface area (Å²) in [6.07, 6.45) is 0.877. The zero-order chi connectivity index (χ0) is 13.2. The molecule has 2 aromatic carbocycles. The summed E-state index contributed by atoms with van der Waals surface area (Å²) in [4.78, 5) is 15.3. The number of rotatable bonds is 2. The van der Waals surface area contributed by atoms with Gasteiger partial charge in [-0.3, -0.25) is 4.79 Å². The van der Waals surface area contributed by atoms with Crippen LogP contribution in [0.5, 0.6) is 0 Å². The molecule has 0 fully saturated rings. The van der Waals surface area contributed by atoms with Crippen LogP contribution in [-0.2, 0) is 0 Å². The lowest BCUT2D eigenvalue weighted by Crippen LogP contribution is -2.36. The minimum absolute atomic E-state index is 0.714. The molecule has 1 aliphatic heterocycles. The first-order valence-corrected chi connectivity index (χ1v) is 6.42. The predicted octanol–water partition coefficient (Wildman–Crippen LogP) is 3.09. The van der Waals surface area contributed by atoms with Gasteiger partial charge in [0.1, 0.15) is 6.29 Å². The van der Waals surface area contributed by atoms with Crippen LogP contribution in [0.25, 0.3) is 0 Å². The van der Waals surface area contributed by atoms with Crippen LogP contribution in [-0.4, -0.2) is 26.4 Å². The fourth-order valence-corrected chi connectivity index (χ4v) is 2.51. The second-order valence-electron chi connectivity index (χ2n) is 4.77. The van der Waals surface area contributed by atoms with Gasteiger partial charge in [0.05, 0.1) is 11.4 Å². The van der Waals surface area contributed by atoms with E-state index in [1.54, 1.807) is 0 Å². The Hall–Kier alpha value is -2.29. The molecule has 2 aromatic rings. The Morgan fingerprint density at radius 1 is 0.947 bits per heavy atom. The number of likely N-dealkylation sites (N-methyl/N-ethyl adjacent to an activating group) is 1. The van der Waals surface area contributed by atoms with Gasteiger partial charge in [-0.05, 0) is 36.4 Å². The number of hydrogen-bond donors (Lipinski definition) is 0. The largest absolute Gasteiger partial charge is 0.371 e. The second-order valence-corrected chi connectivity index (χ2v) is 4.77. The Labute approximate surface area is 113 Å². The van der Waals surface area contributed by atoms with Crippen LogP contribution in [0.1, 0.15) is 10.4 Å². The summed E-state index contributed by atoms with van der Waals surface area (Å²) in [5.74, 6) is 0. The van der Waals surface area contributed by atoms with Crippen LogP contribution in [0.4, 0.5) is 17.1 Å². The standard InChI is InChI=1S/C16H16N2O/c1-17-10-11-18(16-5-3-2-4-15(16)17)14-8-6-13(12-19)7-9-14/h2-9,12H,10-11H2,1H3. The molecule has 0 N–H and O–H groups in total. The molecule has 0 atom stereocenters. The van der Waals surface area contributed by atoms with Crippen molar-refractivity contribution >= 4 is 23.3 Å². The van der Waals surface area contributed by atoms with Crippen LogP contribution in [0, 0.1) is 0 Å². The summed E-state index contributed by atoms with van der Waals surface area (Å²) in [6.45, 7) is 1.94. The summed E-state index contributed by atoms with van der Waals surface area (Å²) in [7, 11) is 2.12. The molecule has 96 valence electrons. The van der Waals surface area contributed by atoms with E-state index in [0.717, 1.165) is 25.1 Å². The quantitative estimate of drug-likeness (QED) is 0.767. The molecule has 0 radical (unpaired) electrons. The van der Waals surface area contributed by atoms with E-state index in [0.29, 0.717) is 5.56 Å². The molecule has 1 heterocycles. The molecule has 0 unspecified atom stereocenters. The lowest BCUT2D eigenvalue weighted by atomic mass is 10.1. The first-order chi connectivity index (χ1) is 9.29. The number of carbonyl (C=O) groups is 1. The van der Waals surface area contributed by atoms with E-state index in [1.807, 2.05) is 24.3 Å². The van der Waals surface area contributed by atoms with Gasteiger partial charge < -0.3 is 9.80 Å². The van der Waals surface area contributed by atoms with Crippen molar-refractivity contribution in [2.24, 2.45) is 0 Å². The van der Waals surface area contributed by atoms with Gasteiger partial charge in [0.15, 0.2) is 0 Å². The average molecular weight is 252 g/mol. The van der Waals surface area contributed by atoms with Gasteiger partial charge in [-0.15, -0.1) is 0 Å². The SMILES string of the molecule is CN1CCN(c2ccc(C=O)cc2)c2ccccc21. The van der Waals surface area contributed by atoms with Gasteiger partial charge in [0, 0.05) is 31.4 Å². The number of carbonyl (C=O) groups excluding carboxylic acids is 1. The van der Waals surface area contributed by atoms with E-state index < -0.39 is 0 Å². The third-order valence-corrected chi connectivity index (χ3v) is 3.58. The van der Waals surface area contributed by atoms with Crippen LogP contribution in [0.15, 0.2) is 48.5 Å². The first kappa shape index (κ1) is 11.8. The van der Waals surface area contributed by atoms with Gasteiger partial charge in [0.2, 0.25) is 0 Å². The van der Waals surface area contributed by atoms with Gasteiger partial charge in [-0.2, -0.15) is 0 Å². The molecule has 0 spiro atoms. The Bertz CT molecular complexity index is 592. The van der Waals surface area contributed by atoms with Crippen LogP contribution >= 0.6 is 0 Å². The van der Waals surface area contributed by atoms with Crippen molar-refractivity contribution in [1.29, 1.82) is 0 Å². The molecule has 0 amide bonds. The number of benzene rings is 2. The molecule has 3 rings (SSSR count). The summed E-state index contributed by atoms with van der Waals surface area (Å²) in [5, 5.41) is 0. The second kappa shape index (κ2) is 4.76. The maximum absolute atomic E-state index is 10.7. The number of aldehydes is 1. The zero-order valence-corrected chi connectivity index (χ0v) is 10.9. The predicted molar refractivity (Wildman–Crippen MR) is 78.5 cm³/mol. The fraction of sp³-hybridized carbons (Fsp3) is 0.188. The fourth-order valence-electron chi connectivity index (χ4n) is 2.51. The smallest absolute Gasteiger partial charge is 0.150 e. The molecule has 0 saturated carbocycles. The zero-order valence-electron chi connectivity index (χ0n) is 10.9. The molecular weight excluding hydrogens is 236 g/mol. The third-order valence-electron chi connectivity index (χ3n) is 3.58. The van der Waals surface area contributed by atoms with E-state index in [4.69, 9.17) is 0 Å². The summed E-state index contributed by atoms with van der Waals surface area (Å²) < 4.78 is 0. The molecule has 0 aromatic heterocycles. The molecule has 3 heteroatoms. The normalized spacial score (nSPS) is 14.2. The van der Waals surface area contributed by atoms with E-state index in [-0.39, 0.29) is 0 Å². The van der Waals surface area contributed by atoms with Crippen molar-refractivity contribution in [3.05, 3.63) is 54.1 Å². The Morgan fingerprint density at radius 2 is 1.63 bits per heavy atom. The molecule has 19 heavy (non-hydrogen) atoms. The van der Waals surface area contributed by atoms with Gasteiger partial charge in [0.25, 0.3) is 0 Å². The number of anilines is 3. The van der Waals surface area contributed by atoms with Crippen molar-refractivity contribution in [2.45, 2.75) is 0 Å². The highest BCUT2D eigenvalue weighted by Gasteiger charge is 2.20. The Balaban J connectivity index is 2.01. The van der Waals surface area contributed by atoms with Crippen molar-refractivity contribution in [2.75, 3.05) is 29.9 Å². The molecule has 0 aliphatic carbocycles. The highest BCUT2D eigenvalue weighted by atomic mass is 16.1. The van der Waals surface area contributed by atoms with Crippen LogP contribution < -0.4 is 9.80 Å². The summed E-state index contributed by atoms with van der Waals surface area (Å²) in [6, 6.07) is 16.1. The van der Waals surface area contributed by atoms with Crippen molar-refractivity contribution in [3.63, 3.8) is 0 Å². The minimum Gasteiger partial charge on any atom is -0.371 e. The van der Waals surface area contributed by atoms with Crippen LogP contribution in [0.2, 0.25) is 0 Å². The molecular formula is C16H16N2O. The molecule has 0 bridgehead atoms. The van der Waals surface area contributed by atoms with E-state index in [1.165, 1.54) is 11.4 Å². The van der Waals surface area contributed by atoms with Crippen molar-refractivity contribution < 1.29 is 4.79 Å². The lowest BCUT2D eigenvalue weighted by Gasteiger charge is -2.37. The molecule has 0 saturated heterocycles. The summed E-state index contributed by atoms with van der Waals surface area (Å²) >= 11 is 0. The van der Waals surface area contributed by atoms with E-state index in [9.17, 15) is 4.79 Å². The topological polar surface area (TPSA) is 23.6 Å². The van der Waals surface area contributed by atoms with Crippen molar-refractivity contribution in [1.82, 2.24) is 0 Å². The Morgan fingerprint density at radius 3 is 2.32 bits per heavy atom. The highest BCUT2D eigenvalue weighted by Crippen LogP contribution is 2.36. The maximum atomic E-state index is 10.7. The van der Waals surface area contributed by atoms with Crippen molar-refractivity contribution in [3.8, 4) is 0 Å². The lowest BCUT2D eigenvalue weighted by molar-refractivity contribution is 0.112. The highest BCUT2D eigenvalue weighted by molar-refractivity contribution is 5.81. The molecule has 3 nitrogen and oxygen atoms in total. The third kappa shape index (κ3) is 2.08. The molecule has 1 aliphatic rings. The summed E-state index contributed by atoms with van der Waals surface area (Å²) in [5.41, 5.74) is 4.31. The monoisotopic (exact) mass is 252 g/mol. The van der Waals surface area contributed by atoms with E-state index >= 15 is 0 Å². The Kier molecular flexibility index (Phi) is 2.95. The number of para-hydroxylation sites is 2. The van der Waals surface area contributed by atoms with E-state index in [2.05, 4.69) is 41.1 Å². The average Bonchev–Trinajstić information content (AvgIpc) is 2.48. The number of nitrogens with zero attached hydrogens (tertiary/aromatic N) is 2. The first-order valence-electron chi connectivity index (χ1n) is 6.42. The van der Waals surface area contributed by atoms with Crippen LogP contribution in [0.3, 0.4) is 0 Å². The maximum Gasteiger partial charge on any atom is 0.150 e. The van der Waals surface area contributed by atoms with Gasteiger partial charge >= 0.3 is 0 Å². The van der Waals surface area contributed by atoms with Gasteiger partial charge in [-0.1, -0.05) is 12.1 Å². The number of fused-ring (bicyclic) bond motifs is 1. The minimum atomic E-state index is 0.714. The van der Waals surface area contributed by atoms with Gasteiger partial charge in [-0.25, -0.2) is 0 Å².